The highest BCUT2D eigenvalue weighted by Crippen LogP contribution is 2.26. The zero-order chi connectivity index (χ0) is 24.9. The first-order valence-electron chi connectivity index (χ1n) is 11.2. The summed E-state index contributed by atoms with van der Waals surface area (Å²) in [6, 6.07) is 16.0. The number of benzene rings is 2. The summed E-state index contributed by atoms with van der Waals surface area (Å²) in [5.74, 6) is 0.631. The monoisotopic (exact) mass is 509 g/mol. The quantitative estimate of drug-likeness (QED) is 0.205. The summed E-state index contributed by atoms with van der Waals surface area (Å²) >= 11 is 12.0. The molecule has 3 aromatic rings. The van der Waals surface area contributed by atoms with E-state index in [0.717, 1.165) is 16.6 Å². The van der Waals surface area contributed by atoms with Gasteiger partial charge in [0.05, 0.1) is 17.2 Å². The molecule has 4 rings (SSSR count). The molecule has 0 aliphatic carbocycles. The lowest BCUT2D eigenvalue weighted by molar-refractivity contribution is 0.120. The molecule has 1 unspecified atom stereocenters. The van der Waals surface area contributed by atoms with Gasteiger partial charge < -0.3 is 20.4 Å². The molecule has 2 N–H and O–H groups in total. The van der Waals surface area contributed by atoms with E-state index < -0.39 is 0 Å². The van der Waals surface area contributed by atoms with Crippen LogP contribution in [0.25, 0.3) is 10.9 Å². The standard InChI is InChI=1S/C25H25Cl2N7O/c1-16(2)22-14-33(25(35)30-18-8-6-17(26)7-9-18)12-13-34(22)24(29-15-28)32-21-5-3-4-20-19(21)10-11-23(27)31-20/h3-11,16,22H,12-14H2,1-2H3,(H,29,32)(H,30,35). The van der Waals surface area contributed by atoms with Crippen molar-refractivity contribution in [2.45, 2.75) is 19.9 Å². The van der Waals surface area contributed by atoms with Crippen molar-refractivity contribution in [2.24, 2.45) is 10.9 Å². The Morgan fingerprint density at radius 3 is 2.60 bits per heavy atom. The van der Waals surface area contributed by atoms with Crippen molar-refractivity contribution in [2.75, 3.05) is 30.3 Å². The van der Waals surface area contributed by atoms with Crippen molar-refractivity contribution in [1.82, 2.24) is 14.8 Å². The fraction of sp³-hybridized carbons (Fsp3) is 0.280. The molecule has 0 saturated carbocycles. The molecule has 10 heteroatoms. The topological polar surface area (TPSA) is 96.7 Å². The van der Waals surface area contributed by atoms with E-state index in [-0.39, 0.29) is 18.0 Å². The minimum Gasteiger partial charge on any atom is -0.335 e. The van der Waals surface area contributed by atoms with E-state index in [2.05, 4.69) is 39.4 Å². The summed E-state index contributed by atoms with van der Waals surface area (Å²) in [7, 11) is 0. The van der Waals surface area contributed by atoms with Gasteiger partial charge in [-0.3, -0.25) is 0 Å². The van der Waals surface area contributed by atoms with Gasteiger partial charge in [0.15, 0.2) is 0 Å². The maximum absolute atomic E-state index is 12.9. The number of aliphatic imine (C=N–C) groups is 1. The molecule has 0 radical (unpaired) electrons. The minimum atomic E-state index is -0.179. The molecule has 1 saturated heterocycles. The van der Waals surface area contributed by atoms with Crippen molar-refractivity contribution >= 4 is 57.5 Å². The number of carbonyl (C=O) groups is 1. The molecule has 1 aliphatic rings. The van der Waals surface area contributed by atoms with Crippen LogP contribution >= 0.6 is 23.2 Å². The highest BCUT2D eigenvalue weighted by molar-refractivity contribution is 6.30. The number of carbonyl (C=O) groups excluding carboxylic acids is 1. The molecular formula is C25H25Cl2N7O. The molecule has 0 bridgehead atoms. The van der Waals surface area contributed by atoms with Crippen LogP contribution in [0.2, 0.25) is 10.2 Å². The molecular weight excluding hydrogens is 485 g/mol. The number of halogens is 2. The van der Waals surface area contributed by atoms with Gasteiger partial charge in [-0.1, -0.05) is 43.1 Å². The summed E-state index contributed by atoms with van der Waals surface area (Å²) in [5, 5.41) is 17.6. The number of fused-ring (bicyclic) bond motifs is 1. The molecule has 1 fully saturated rings. The van der Waals surface area contributed by atoms with E-state index in [0.29, 0.717) is 41.5 Å². The SMILES string of the molecule is CC(C)C1CN(C(=O)Nc2ccc(Cl)cc2)CCN1/C(=N\C#N)Nc1cccc2nc(Cl)ccc12. The van der Waals surface area contributed by atoms with Crippen molar-refractivity contribution < 1.29 is 4.79 Å². The van der Waals surface area contributed by atoms with Crippen LogP contribution in [0.15, 0.2) is 59.6 Å². The molecule has 1 aromatic heterocycles. The summed E-state index contributed by atoms with van der Waals surface area (Å²) in [4.78, 5) is 25.2. The Bertz CT molecular complexity index is 1290. The number of rotatable bonds is 3. The molecule has 2 heterocycles. The van der Waals surface area contributed by atoms with E-state index in [4.69, 9.17) is 23.2 Å². The van der Waals surface area contributed by atoms with Gasteiger partial charge in [0.1, 0.15) is 5.15 Å². The second-order valence-electron chi connectivity index (χ2n) is 8.55. The number of anilines is 2. The molecule has 1 aliphatic heterocycles. The lowest BCUT2D eigenvalue weighted by atomic mass is 10.00. The zero-order valence-corrected chi connectivity index (χ0v) is 20.9. The summed E-state index contributed by atoms with van der Waals surface area (Å²) < 4.78 is 0. The normalized spacial score (nSPS) is 16.3. The van der Waals surface area contributed by atoms with Crippen LogP contribution in [-0.2, 0) is 0 Å². The Morgan fingerprint density at radius 2 is 1.89 bits per heavy atom. The van der Waals surface area contributed by atoms with Gasteiger partial charge in [-0.25, -0.2) is 9.78 Å². The van der Waals surface area contributed by atoms with Gasteiger partial charge in [-0.05, 0) is 54.4 Å². The largest absolute Gasteiger partial charge is 0.335 e. The third-order valence-electron chi connectivity index (χ3n) is 5.94. The Morgan fingerprint density at radius 1 is 1.11 bits per heavy atom. The third kappa shape index (κ3) is 5.76. The molecule has 35 heavy (non-hydrogen) atoms. The lowest BCUT2D eigenvalue weighted by Crippen LogP contribution is -2.60. The number of nitrogens with zero attached hydrogens (tertiary/aromatic N) is 5. The number of hydrogen-bond donors (Lipinski definition) is 2. The van der Waals surface area contributed by atoms with Gasteiger partial charge in [0.25, 0.3) is 0 Å². The highest BCUT2D eigenvalue weighted by atomic mass is 35.5. The maximum Gasteiger partial charge on any atom is 0.321 e. The van der Waals surface area contributed by atoms with Crippen molar-refractivity contribution in [3.8, 4) is 6.19 Å². The number of urea groups is 1. The average Bonchev–Trinajstić information content (AvgIpc) is 2.84. The first-order chi connectivity index (χ1) is 16.9. The van der Waals surface area contributed by atoms with Gasteiger partial charge in [0.2, 0.25) is 12.2 Å². The predicted molar refractivity (Wildman–Crippen MR) is 141 cm³/mol. The number of aromatic nitrogens is 1. The number of pyridine rings is 1. The number of hydrogen-bond acceptors (Lipinski definition) is 4. The van der Waals surface area contributed by atoms with Gasteiger partial charge in [-0.15, -0.1) is 4.99 Å². The summed E-state index contributed by atoms with van der Waals surface area (Å²) in [6.45, 7) is 5.65. The molecule has 180 valence electrons. The predicted octanol–water partition coefficient (Wildman–Crippen LogP) is 5.66. The number of nitrogens with one attached hydrogen (secondary N) is 2. The van der Waals surface area contributed by atoms with Crippen molar-refractivity contribution in [1.29, 1.82) is 5.26 Å². The third-order valence-corrected chi connectivity index (χ3v) is 6.41. The Labute approximate surface area is 214 Å². The van der Waals surface area contributed by atoms with Crippen LogP contribution in [0.4, 0.5) is 16.2 Å². The number of piperazine rings is 1. The summed E-state index contributed by atoms with van der Waals surface area (Å²) in [5.41, 5.74) is 2.19. The van der Waals surface area contributed by atoms with Crippen LogP contribution in [-0.4, -0.2) is 52.5 Å². The van der Waals surface area contributed by atoms with Crippen LogP contribution in [0.1, 0.15) is 13.8 Å². The fourth-order valence-electron chi connectivity index (χ4n) is 4.13. The smallest absolute Gasteiger partial charge is 0.321 e. The Balaban J connectivity index is 1.54. The van der Waals surface area contributed by atoms with Gasteiger partial charge >= 0.3 is 6.03 Å². The maximum atomic E-state index is 12.9. The van der Waals surface area contributed by atoms with E-state index in [9.17, 15) is 10.1 Å². The zero-order valence-electron chi connectivity index (χ0n) is 19.4. The first kappa shape index (κ1) is 24.6. The van der Waals surface area contributed by atoms with Crippen LogP contribution in [0, 0.1) is 17.4 Å². The first-order valence-corrected chi connectivity index (χ1v) is 12.0. The van der Waals surface area contributed by atoms with Gasteiger partial charge in [0, 0.05) is 35.7 Å². The molecule has 2 aromatic carbocycles. The highest BCUT2D eigenvalue weighted by Gasteiger charge is 2.34. The van der Waals surface area contributed by atoms with Crippen LogP contribution < -0.4 is 10.6 Å². The van der Waals surface area contributed by atoms with E-state index in [1.54, 1.807) is 35.2 Å². The lowest BCUT2D eigenvalue weighted by Gasteiger charge is -2.44. The van der Waals surface area contributed by atoms with Gasteiger partial charge in [-0.2, -0.15) is 5.26 Å². The second kappa shape index (κ2) is 10.8. The van der Waals surface area contributed by atoms with E-state index >= 15 is 0 Å². The summed E-state index contributed by atoms with van der Waals surface area (Å²) in [6.07, 6.45) is 1.92. The molecule has 0 spiro atoms. The molecule has 1 atom stereocenters. The molecule has 8 nitrogen and oxygen atoms in total. The second-order valence-corrected chi connectivity index (χ2v) is 9.38. The Hall–Kier alpha value is -3.54. The number of guanidine groups is 1. The van der Waals surface area contributed by atoms with Crippen molar-refractivity contribution in [3.63, 3.8) is 0 Å². The van der Waals surface area contributed by atoms with Crippen molar-refractivity contribution in [3.05, 3.63) is 64.8 Å². The van der Waals surface area contributed by atoms with E-state index in [1.807, 2.05) is 30.5 Å². The van der Waals surface area contributed by atoms with Crippen LogP contribution in [0.3, 0.4) is 0 Å². The minimum absolute atomic E-state index is 0.0538. The molecule has 2 amide bonds. The van der Waals surface area contributed by atoms with E-state index in [1.165, 1.54) is 0 Å². The number of nitriles is 1. The number of amides is 2. The fourth-order valence-corrected chi connectivity index (χ4v) is 4.41. The van der Waals surface area contributed by atoms with Crippen LogP contribution in [0.5, 0.6) is 0 Å². The average molecular weight is 510 g/mol. The Kier molecular flexibility index (Phi) is 7.59.